The predicted molar refractivity (Wildman–Crippen MR) is 86.1 cm³/mol. The lowest BCUT2D eigenvalue weighted by atomic mass is 10.1. The first kappa shape index (κ1) is 14.7. The van der Waals surface area contributed by atoms with Crippen LogP contribution in [0.2, 0.25) is 0 Å². The molecule has 1 saturated heterocycles. The van der Waals surface area contributed by atoms with Crippen LogP contribution < -0.4 is 15.2 Å². The van der Waals surface area contributed by atoms with E-state index in [1.807, 2.05) is 18.2 Å². The third-order valence-electron chi connectivity index (χ3n) is 4.10. The predicted octanol–water partition coefficient (Wildman–Crippen LogP) is 2.14. The van der Waals surface area contributed by atoms with Gasteiger partial charge in [0.2, 0.25) is 0 Å². The Balaban J connectivity index is 1.84. The van der Waals surface area contributed by atoms with E-state index in [2.05, 4.69) is 22.1 Å². The van der Waals surface area contributed by atoms with Gasteiger partial charge in [0.1, 0.15) is 11.9 Å². The Morgan fingerprint density at radius 3 is 2.68 bits per heavy atom. The van der Waals surface area contributed by atoms with E-state index in [1.54, 1.807) is 13.3 Å². The second-order valence-electron chi connectivity index (χ2n) is 5.68. The van der Waals surface area contributed by atoms with Crippen LogP contribution in [0.15, 0.2) is 24.4 Å². The third-order valence-corrected chi connectivity index (χ3v) is 4.10. The fourth-order valence-corrected chi connectivity index (χ4v) is 2.74. The van der Waals surface area contributed by atoms with Crippen molar-refractivity contribution in [2.24, 2.45) is 0 Å². The van der Waals surface area contributed by atoms with Gasteiger partial charge in [-0.1, -0.05) is 6.07 Å². The Bertz CT molecular complexity index is 633. The molecule has 1 aromatic carbocycles. The number of nitrogens with two attached hydrogens (primary N) is 1. The van der Waals surface area contributed by atoms with Crippen molar-refractivity contribution in [2.75, 3.05) is 33.0 Å². The number of hydrogen-bond donors (Lipinski definition) is 2. The van der Waals surface area contributed by atoms with Crippen molar-refractivity contribution >= 4 is 5.82 Å². The third kappa shape index (κ3) is 3.01. The molecule has 0 radical (unpaired) electrons. The smallest absolute Gasteiger partial charge is 0.162 e. The molecule has 0 spiro atoms. The molecule has 0 bridgehead atoms. The first-order valence-electron chi connectivity index (χ1n) is 7.50. The van der Waals surface area contributed by atoms with Crippen molar-refractivity contribution in [1.82, 2.24) is 15.1 Å². The van der Waals surface area contributed by atoms with Crippen LogP contribution in [0.4, 0.5) is 5.82 Å². The van der Waals surface area contributed by atoms with E-state index in [9.17, 15) is 0 Å². The van der Waals surface area contributed by atoms with Crippen molar-refractivity contribution in [3.63, 3.8) is 0 Å². The second kappa shape index (κ2) is 6.27. The molecule has 118 valence electrons. The molecule has 0 saturated carbocycles. The number of nitrogens with one attached hydrogen (secondary N) is 1. The molecule has 22 heavy (non-hydrogen) atoms. The number of anilines is 1. The largest absolute Gasteiger partial charge is 0.493 e. The standard InChI is InChI=1S/C16H22N4O2/c1-20-7-5-12(6-8-20)22-15-9-11(3-4-14(15)21-2)13-10-18-19-16(13)17/h3-4,9-10,12H,5-8H2,1-2H3,(H3,17,18,19). The molecule has 6 nitrogen and oxygen atoms in total. The summed E-state index contributed by atoms with van der Waals surface area (Å²) in [4.78, 5) is 2.32. The lowest BCUT2D eigenvalue weighted by Gasteiger charge is -2.29. The fraction of sp³-hybridized carbons (Fsp3) is 0.438. The van der Waals surface area contributed by atoms with E-state index in [0.717, 1.165) is 48.6 Å². The van der Waals surface area contributed by atoms with Crippen LogP contribution in [0.1, 0.15) is 12.8 Å². The summed E-state index contributed by atoms with van der Waals surface area (Å²) >= 11 is 0. The Labute approximate surface area is 130 Å². The fourth-order valence-electron chi connectivity index (χ4n) is 2.74. The minimum Gasteiger partial charge on any atom is -0.493 e. The summed E-state index contributed by atoms with van der Waals surface area (Å²) in [5, 5.41) is 6.72. The van der Waals surface area contributed by atoms with Gasteiger partial charge in [-0.05, 0) is 37.6 Å². The molecule has 0 amide bonds. The average molecular weight is 302 g/mol. The number of aromatic amines is 1. The van der Waals surface area contributed by atoms with Gasteiger partial charge in [-0.2, -0.15) is 5.10 Å². The number of benzene rings is 1. The summed E-state index contributed by atoms with van der Waals surface area (Å²) < 4.78 is 11.6. The van der Waals surface area contributed by atoms with Crippen LogP contribution in [0, 0.1) is 0 Å². The number of aromatic nitrogens is 2. The number of ether oxygens (including phenoxy) is 2. The summed E-state index contributed by atoms with van der Waals surface area (Å²) in [6.45, 7) is 2.11. The van der Waals surface area contributed by atoms with Crippen molar-refractivity contribution in [3.8, 4) is 22.6 Å². The van der Waals surface area contributed by atoms with Gasteiger partial charge in [-0.15, -0.1) is 0 Å². The summed E-state index contributed by atoms with van der Waals surface area (Å²) in [7, 11) is 3.79. The highest BCUT2D eigenvalue weighted by Gasteiger charge is 2.20. The number of nitrogens with zero attached hydrogens (tertiary/aromatic N) is 2. The Morgan fingerprint density at radius 2 is 2.05 bits per heavy atom. The van der Waals surface area contributed by atoms with Crippen LogP contribution in [-0.4, -0.2) is 48.4 Å². The zero-order valence-electron chi connectivity index (χ0n) is 13.0. The first-order chi connectivity index (χ1) is 10.7. The van der Waals surface area contributed by atoms with E-state index < -0.39 is 0 Å². The van der Waals surface area contributed by atoms with Gasteiger partial charge >= 0.3 is 0 Å². The van der Waals surface area contributed by atoms with E-state index >= 15 is 0 Å². The number of rotatable bonds is 4. The summed E-state index contributed by atoms with van der Waals surface area (Å²) in [6.07, 6.45) is 3.99. The molecule has 1 aliphatic heterocycles. The summed E-state index contributed by atoms with van der Waals surface area (Å²) in [6, 6.07) is 5.84. The molecular formula is C16H22N4O2. The van der Waals surface area contributed by atoms with Crippen LogP contribution in [0.25, 0.3) is 11.1 Å². The van der Waals surface area contributed by atoms with E-state index in [-0.39, 0.29) is 6.10 Å². The van der Waals surface area contributed by atoms with Crippen LogP contribution in [-0.2, 0) is 0 Å². The molecule has 3 N–H and O–H groups in total. The number of nitrogen functional groups attached to an aromatic ring is 1. The number of H-pyrrole nitrogens is 1. The van der Waals surface area contributed by atoms with Crippen molar-refractivity contribution in [1.29, 1.82) is 0 Å². The SMILES string of the molecule is COc1ccc(-c2cn[nH]c2N)cc1OC1CCN(C)CC1. The lowest BCUT2D eigenvalue weighted by molar-refractivity contribution is 0.111. The lowest BCUT2D eigenvalue weighted by Crippen LogP contribution is -2.35. The van der Waals surface area contributed by atoms with Gasteiger partial charge in [0, 0.05) is 18.7 Å². The van der Waals surface area contributed by atoms with Crippen molar-refractivity contribution in [2.45, 2.75) is 18.9 Å². The highest BCUT2D eigenvalue weighted by molar-refractivity contribution is 5.75. The molecule has 3 rings (SSSR count). The Hall–Kier alpha value is -2.21. The average Bonchev–Trinajstić information content (AvgIpc) is 2.96. The molecule has 0 atom stereocenters. The highest BCUT2D eigenvalue weighted by Crippen LogP contribution is 2.35. The topological polar surface area (TPSA) is 76.4 Å². The molecule has 1 aliphatic rings. The molecule has 6 heteroatoms. The quantitative estimate of drug-likeness (QED) is 0.905. The highest BCUT2D eigenvalue weighted by atomic mass is 16.5. The molecule has 1 aromatic heterocycles. The minimum atomic E-state index is 0.224. The van der Waals surface area contributed by atoms with Gasteiger partial charge in [0.25, 0.3) is 0 Å². The minimum absolute atomic E-state index is 0.224. The van der Waals surface area contributed by atoms with E-state index in [0.29, 0.717) is 5.82 Å². The number of hydrogen-bond acceptors (Lipinski definition) is 5. The maximum absolute atomic E-state index is 6.18. The molecule has 1 fully saturated rings. The first-order valence-corrected chi connectivity index (χ1v) is 7.50. The number of likely N-dealkylation sites (tertiary alicyclic amines) is 1. The zero-order chi connectivity index (χ0) is 15.5. The van der Waals surface area contributed by atoms with Gasteiger partial charge in [0.05, 0.1) is 13.3 Å². The maximum Gasteiger partial charge on any atom is 0.162 e. The van der Waals surface area contributed by atoms with Crippen LogP contribution >= 0.6 is 0 Å². The normalized spacial score (nSPS) is 16.6. The molecule has 2 heterocycles. The van der Waals surface area contributed by atoms with E-state index in [1.165, 1.54) is 0 Å². The molecule has 0 aliphatic carbocycles. The van der Waals surface area contributed by atoms with Gasteiger partial charge in [-0.25, -0.2) is 0 Å². The Morgan fingerprint density at radius 1 is 1.27 bits per heavy atom. The van der Waals surface area contributed by atoms with Crippen LogP contribution in [0.5, 0.6) is 11.5 Å². The molecular weight excluding hydrogens is 280 g/mol. The van der Waals surface area contributed by atoms with E-state index in [4.69, 9.17) is 15.2 Å². The summed E-state index contributed by atoms with van der Waals surface area (Å²) in [5.74, 6) is 2.05. The number of piperidine rings is 1. The molecule has 0 unspecified atom stereocenters. The van der Waals surface area contributed by atoms with Crippen molar-refractivity contribution in [3.05, 3.63) is 24.4 Å². The summed E-state index contributed by atoms with van der Waals surface area (Å²) in [5.41, 5.74) is 7.74. The second-order valence-corrected chi connectivity index (χ2v) is 5.68. The van der Waals surface area contributed by atoms with Gasteiger partial charge < -0.3 is 20.1 Å². The van der Waals surface area contributed by atoms with Gasteiger partial charge in [-0.3, -0.25) is 5.10 Å². The zero-order valence-corrected chi connectivity index (χ0v) is 13.0. The Kier molecular flexibility index (Phi) is 4.20. The maximum atomic E-state index is 6.18. The van der Waals surface area contributed by atoms with Gasteiger partial charge in [0.15, 0.2) is 11.5 Å². The number of methoxy groups -OCH3 is 1. The monoisotopic (exact) mass is 302 g/mol. The molecule has 2 aromatic rings. The van der Waals surface area contributed by atoms with Crippen LogP contribution in [0.3, 0.4) is 0 Å². The van der Waals surface area contributed by atoms with Crippen molar-refractivity contribution < 1.29 is 9.47 Å².